The highest BCUT2D eigenvalue weighted by atomic mass is 79.9. The Kier molecular flexibility index (Phi) is 4.88. The predicted octanol–water partition coefficient (Wildman–Crippen LogP) is 4.32. The number of ether oxygens (including phenoxy) is 2. The number of rotatable bonds is 4. The first-order chi connectivity index (χ1) is 8.22. The van der Waals surface area contributed by atoms with Gasteiger partial charge in [0.1, 0.15) is 5.75 Å². The third-order valence-corrected chi connectivity index (χ3v) is 4.68. The first kappa shape index (κ1) is 13.4. The second kappa shape index (κ2) is 6.21. The van der Waals surface area contributed by atoms with Crippen molar-refractivity contribution in [2.75, 3.05) is 19.8 Å². The molecule has 2 nitrogen and oxygen atoms in total. The van der Waals surface area contributed by atoms with Crippen molar-refractivity contribution in [3.63, 3.8) is 0 Å². The van der Waals surface area contributed by atoms with Crippen LogP contribution >= 0.6 is 31.9 Å². The molecule has 1 aliphatic heterocycles. The molecule has 1 heterocycles. The van der Waals surface area contributed by atoms with E-state index in [-0.39, 0.29) is 0 Å². The lowest BCUT2D eigenvalue weighted by molar-refractivity contribution is 0.185. The molecular weight excluding hydrogens is 348 g/mol. The Balaban J connectivity index is 2.24. The van der Waals surface area contributed by atoms with E-state index in [1.807, 2.05) is 19.1 Å². The zero-order valence-corrected chi connectivity index (χ0v) is 13.0. The molecule has 0 aromatic heterocycles. The fourth-order valence-corrected chi connectivity index (χ4v) is 3.21. The fraction of sp³-hybridized carbons (Fsp3) is 0.538. The molecule has 17 heavy (non-hydrogen) atoms. The topological polar surface area (TPSA) is 18.5 Å². The summed E-state index contributed by atoms with van der Waals surface area (Å²) in [6.45, 7) is 4.39. The van der Waals surface area contributed by atoms with Crippen LogP contribution in [0.15, 0.2) is 22.7 Å². The van der Waals surface area contributed by atoms with Gasteiger partial charge in [-0.1, -0.05) is 31.9 Å². The average Bonchev–Trinajstić information content (AvgIpc) is 2.84. The van der Waals surface area contributed by atoms with Crippen molar-refractivity contribution < 1.29 is 9.47 Å². The molecular formula is C13H16Br2O2. The lowest BCUT2D eigenvalue weighted by Crippen LogP contribution is -2.09. The van der Waals surface area contributed by atoms with Crippen molar-refractivity contribution >= 4 is 31.9 Å². The summed E-state index contributed by atoms with van der Waals surface area (Å²) >= 11 is 7.30. The van der Waals surface area contributed by atoms with E-state index in [1.54, 1.807) is 0 Å². The van der Waals surface area contributed by atoms with E-state index in [2.05, 4.69) is 37.9 Å². The zero-order chi connectivity index (χ0) is 12.3. The first-order valence-corrected chi connectivity index (χ1v) is 7.57. The van der Waals surface area contributed by atoms with E-state index < -0.39 is 0 Å². The smallest absolute Gasteiger partial charge is 0.123 e. The molecule has 0 bridgehead atoms. The van der Waals surface area contributed by atoms with E-state index in [0.717, 1.165) is 29.9 Å². The number of alkyl halides is 1. The monoisotopic (exact) mass is 362 g/mol. The van der Waals surface area contributed by atoms with Crippen LogP contribution < -0.4 is 4.74 Å². The van der Waals surface area contributed by atoms with Gasteiger partial charge in [0.2, 0.25) is 0 Å². The fourth-order valence-electron chi connectivity index (χ4n) is 2.06. The van der Waals surface area contributed by atoms with Crippen molar-refractivity contribution in [1.82, 2.24) is 0 Å². The van der Waals surface area contributed by atoms with E-state index in [1.165, 1.54) is 5.56 Å². The van der Waals surface area contributed by atoms with Gasteiger partial charge >= 0.3 is 0 Å². The summed E-state index contributed by atoms with van der Waals surface area (Å²) in [5.74, 6) is 1.49. The van der Waals surface area contributed by atoms with Crippen LogP contribution in [0.1, 0.15) is 23.7 Å². The second-order valence-corrected chi connectivity index (χ2v) is 6.04. The summed E-state index contributed by atoms with van der Waals surface area (Å²) in [5.41, 5.74) is 1.21. The minimum Gasteiger partial charge on any atom is -0.494 e. The Bertz CT molecular complexity index is 376. The highest BCUT2D eigenvalue weighted by molar-refractivity contribution is 9.10. The molecule has 0 amide bonds. The Labute approximate surface area is 119 Å². The van der Waals surface area contributed by atoms with E-state index in [0.29, 0.717) is 17.4 Å². The van der Waals surface area contributed by atoms with Gasteiger partial charge in [0, 0.05) is 27.4 Å². The van der Waals surface area contributed by atoms with E-state index in [9.17, 15) is 0 Å². The van der Waals surface area contributed by atoms with Gasteiger partial charge in [0.05, 0.1) is 13.2 Å². The molecule has 2 unspecified atom stereocenters. The summed E-state index contributed by atoms with van der Waals surface area (Å²) in [6.07, 6.45) is 1.11. The van der Waals surface area contributed by atoms with Crippen LogP contribution in [0.4, 0.5) is 0 Å². The van der Waals surface area contributed by atoms with Gasteiger partial charge in [-0.25, -0.2) is 0 Å². The Hall–Kier alpha value is -0.0600. The molecule has 0 N–H and O–H groups in total. The van der Waals surface area contributed by atoms with E-state index >= 15 is 0 Å². The third-order valence-electron chi connectivity index (χ3n) is 2.95. The van der Waals surface area contributed by atoms with Crippen molar-refractivity contribution in [3.05, 3.63) is 28.2 Å². The maximum atomic E-state index is 5.68. The summed E-state index contributed by atoms with van der Waals surface area (Å²) in [7, 11) is 0. The number of hydrogen-bond acceptors (Lipinski definition) is 2. The van der Waals surface area contributed by atoms with Crippen molar-refractivity contribution in [1.29, 1.82) is 0 Å². The SMILES string of the molecule is CCOc1ccc(Br)cc1C(Br)C1CCOC1. The Morgan fingerprint density at radius 2 is 2.35 bits per heavy atom. The van der Waals surface area contributed by atoms with Crippen LogP contribution in [-0.4, -0.2) is 19.8 Å². The third kappa shape index (κ3) is 3.24. The van der Waals surface area contributed by atoms with Crippen LogP contribution in [0.3, 0.4) is 0 Å². The number of benzene rings is 1. The molecule has 0 saturated carbocycles. The summed E-state index contributed by atoms with van der Waals surface area (Å²) in [4.78, 5) is 0.295. The molecule has 4 heteroatoms. The Morgan fingerprint density at radius 3 is 3.00 bits per heavy atom. The molecule has 0 aliphatic carbocycles. The van der Waals surface area contributed by atoms with Crippen molar-refractivity contribution in [2.45, 2.75) is 18.2 Å². The van der Waals surface area contributed by atoms with Crippen LogP contribution in [-0.2, 0) is 4.74 Å². The first-order valence-electron chi connectivity index (χ1n) is 5.86. The molecule has 0 radical (unpaired) electrons. The van der Waals surface area contributed by atoms with Gasteiger partial charge in [-0.2, -0.15) is 0 Å². The minimum absolute atomic E-state index is 0.295. The normalized spacial score (nSPS) is 21.5. The molecule has 1 aliphatic rings. The van der Waals surface area contributed by atoms with Crippen LogP contribution in [0.5, 0.6) is 5.75 Å². The Morgan fingerprint density at radius 1 is 1.53 bits per heavy atom. The summed E-state index contributed by atoms with van der Waals surface area (Å²) < 4.78 is 12.2. The number of halogens is 2. The molecule has 1 fully saturated rings. The molecule has 94 valence electrons. The molecule has 1 saturated heterocycles. The molecule has 1 aromatic rings. The lowest BCUT2D eigenvalue weighted by Gasteiger charge is -2.19. The van der Waals surface area contributed by atoms with Crippen LogP contribution in [0, 0.1) is 5.92 Å². The molecule has 1 aromatic carbocycles. The highest BCUT2D eigenvalue weighted by Gasteiger charge is 2.27. The van der Waals surface area contributed by atoms with Gasteiger partial charge in [0.15, 0.2) is 0 Å². The van der Waals surface area contributed by atoms with Crippen molar-refractivity contribution in [3.8, 4) is 5.75 Å². The summed E-state index contributed by atoms with van der Waals surface area (Å²) in [5, 5.41) is 0. The van der Waals surface area contributed by atoms with Crippen LogP contribution in [0.2, 0.25) is 0 Å². The molecule has 2 rings (SSSR count). The number of hydrogen-bond donors (Lipinski definition) is 0. The van der Waals surface area contributed by atoms with Gasteiger partial charge in [0.25, 0.3) is 0 Å². The van der Waals surface area contributed by atoms with Crippen LogP contribution in [0.25, 0.3) is 0 Å². The second-order valence-electron chi connectivity index (χ2n) is 4.14. The largest absolute Gasteiger partial charge is 0.494 e. The molecule has 0 spiro atoms. The molecule has 2 atom stereocenters. The maximum absolute atomic E-state index is 5.68. The van der Waals surface area contributed by atoms with Gasteiger partial charge in [-0.15, -0.1) is 0 Å². The summed E-state index contributed by atoms with van der Waals surface area (Å²) in [6, 6.07) is 6.16. The highest BCUT2D eigenvalue weighted by Crippen LogP contribution is 2.41. The lowest BCUT2D eigenvalue weighted by atomic mass is 9.98. The standard InChI is InChI=1S/C13H16Br2O2/c1-2-17-12-4-3-10(14)7-11(12)13(15)9-5-6-16-8-9/h3-4,7,9,13H,2,5-6,8H2,1H3. The van der Waals surface area contributed by atoms with Gasteiger partial charge in [-0.05, 0) is 31.5 Å². The van der Waals surface area contributed by atoms with E-state index in [4.69, 9.17) is 9.47 Å². The maximum Gasteiger partial charge on any atom is 0.123 e. The van der Waals surface area contributed by atoms with Gasteiger partial charge in [-0.3, -0.25) is 0 Å². The van der Waals surface area contributed by atoms with Gasteiger partial charge < -0.3 is 9.47 Å². The van der Waals surface area contributed by atoms with Crippen molar-refractivity contribution in [2.24, 2.45) is 5.92 Å². The zero-order valence-electron chi connectivity index (χ0n) is 9.79. The quantitative estimate of drug-likeness (QED) is 0.741. The average molecular weight is 364 g/mol. The minimum atomic E-state index is 0.295. The predicted molar refractivity (Wildman–Crippen MR) is 75.9 cm³/mol.